The van der Waals surface area contributed by atoms with E-state index in [-0.39, 0.29) is 17.9 Å². The Hall–Kier alpha value is -1.04. The summed E-state index contributed by atoms with van der Waals surface area (Å²) in [4.78, 5) is 13.3. The largest absolute Gasteiger partial charge is 0.391 e. The van der Waals surface area contributed by atoms with Gasteiger partial charge in [-0.1, -0.05) is 26.0 Å². The highest BCUT2D eigenvalue weighted by Gasteiger charge is 2.25. The average Bonchev–Trinajstić information content (AvgIpc) is 2.81. The van der Waals surface area contributed by atoms with Crippen molar-refractivity contribution >= 4 is 17.7 Å². The van der Waals surface area contributed by atoms with Gasteiger partial charge in [0.25, 0.3) is 5.91 Å². The second-order valence-corrected chi connectivity index (χ2v) is 6.98. The number of carbonyl (C=O) groups is 1. The maximum Gasteiger partial charge on any atom is 0.252 e. The average molecular weight is 294 g/mol. The zero-order chi connectivity index (χ0) is 14.5. The Balaban J connectivity index is 1.98. The van der Waals surface area contributed by atoms with Gasteiger partial charge in [-0.05, 0) is 12.1 Å². The van der Waals surface area contributed by atoms with Crippen molar-refractivity contribution in [1.82, 2.24) is 10.6 Å². The van der Waals surface area contributed by atoms with Gasteiger partial charge in [-0.3, -0.25) is 4.79 Å². The Morgan fingerprint density at radius 3 is 2.85 bits per heavy atom. The van der Waals surface area contributed by atoms with E-state index in [9.17, 15) is 9.90 Å². The zero-order valence-corrected chi connectivity index (χ0v) is 12.7. The van der Waals surface area contributed by atoms with Crippen molar-refractivity contribution in [3.05, 3.63) is 29.8 Å². The Labute approximate surface area is 124 Å². The lowest BCUT2D eigenvalue weighted by atomic mass is 10.1. The van der Waals surface area contributed by atoms with Gasteiger partial charge in [0.1, 0.15) is 0 Å². The predicted octanol–water partition coefficient (Wildman–Crippen LogP) is 1.50. The molecule has 1 aromatic rings. The van der Waals surface area contributed by atoms with E-state index in [1.165, 1.54) is 0 Å². The van der Waals surface area contributed by atoms with Crippen LogP contribution >= 0.6 is 11.8 Å². The molecule has 0 radical (unpaired) electrons. The molecule has 0 saturated carbocycles. The summed E-state index contributed by atoms with van der Waals surface area (Å²) in [6, 6.07) is 7.66. The molecule has 2 atom stereocenters. The van der Waals surface area contributed by atoms with Crippen LogP contribution in [0.3, 0.4) is 0 Å². The van der Waals surface area contributed by atoms with Gasteiger partial charge in [0.2, 0.25) is 0 Å². The number of hydrogen-bond donors (Lipinski definition) is 3. The Morgan fingerprint density at radius 1 is 1.45 bits per heavy atom. The minimum atomic E-state index is -0.365. The van der Waals surface area contributed by atoms with Crippen molar-refractivity contribution in [2.75, 3.05) is 19.6 Å². The highest BCUT2D eigenvalue weighted by molar-refractivity contribution is 8.00. The fourth-order valence-electron chi connectivity index (χ4n) is 2.26. The van der Waals surface area contributed by atoms with Gasteiger partial charge >= 0.3 is 0 Å². The minimum Gasteiger partial charge on any atom is -0.391 e. The van der Waals surface area contributed by atoms with Gasteiger partial charge < -0.3 is 15.7 Å². The molecule has 3 N–H and O–H groups in total. The summed E-state index contributed by atoms with van der Waals surface area (Å²) in [6.45, 7) is 6.09. The SMILES string of the molecule is CC(C)Sc1ccccc1C(=O)NCC1CNCC1O. The maximum absolute atomic E-state index is 12.3. The van der Waals surface area contributed by atoms with E-state index in [0.717, 1.165) is 11.4 Å². The van der Waals surface area contributed by atoms with Gasteiger partial charge in [-0.25, -0.2) is 0 Å². The first-order chi connectivity index (χ1) is 9.58. The number of nitrogens with one attached hydrogen (secondary N) is 2. The summed E-state index contributed by atoms with van der Waals surface area (Å²) in [6.07, 6.45) is -0.365. The van der Waals surface area contributed by atoms with Crippen LogP contribution in [0.2, 0.25) is 0 Å². The quantitative estimate of drug-likeness (QED) is 0.720. The lowest BCUT2D eigenvalue weighted by molar-refractivity contribution is 0.0924. The topological polar surface area (TPSA) is 61.4 Å². The molecule has 20 heavy (non-hydrogen) atoms. The number of amides is 1. The lowest BCUT2D eigenvalue weighted by Crippen LogP contribution is -2.34. The van der Waals surface area contributed by atoms with Crippen LogP contribution in [-0.4, -0.2) is 42.0 Å². The number of rotatable bonds is 5. The van der Waals surface area contributed by atoms with Crippen molar-refractivity contribution < 1.29 is 9.90 Å². The third kappa shape index (κ3) is 3.98. The van der Waals surface area contributed by atoms with E-state index >= 15 is 0 Å². The molecule has 1 fully saturated rings. The number of carbonyl (C=O) groups excluding carboxylic acids is 1. The molecule has 1 amide bonds. The predicted molar refractivity (Wildman–Crippen MR) is 82.1 cm³/mol. The standard InChI is InChI=1S/C15H22N2O2S/c1-10(2)20-14-6-4-3-5-12(14)15(19)17-8-11-7-16-9-13(11)18/h3-6,10-11,13,16,18H,7-9H2,1-2H3,(H,17,19). The second-order valence-electron chi connectivity index (χ2n) is 5.36. The van der Waals surface area contributed by atoms with Crippen LogP contribution in [0.25, 0.3) is 0 Å². The summed E-state index contributed by atoms with van der Waals surface area (Å²) in [7, 11) is 0. The van der Waals surface area contributed by atoms with E-state index in [2.05, 4.69) is 24.5 Å². The molecule has 1 aliphatic heterocycles. The minimum absolute atomic E-state index is 0.0622. The number of thioether (sulfide) groups is 1. The molecule has 1 aliphatic rings. The molecule has 1 saturated heterocycles. The van der Waals surface area contributed by atoms with Gasteiger partial charge in [-0.2, -0.15) is 0 Å². The molecule has 0 aromatic heterocycles. The molecule has 5 heteroatoms. The molecule has 4 nitrogen and oxygen atoms in total. The van der Waals surface area contributed by atoms with E-state index in [0.29, 0.717) is 23.9 Å². The molecule has 0 bridgehead atoms. The number of benzene rings is 1. The first-order valence-corrected chi connectivity index (χ1v) is 7.88. The summed E-state index contributed by atoms with van der Waals surface area (Å²) in [5.41, 5.74) is 0.714. The van der Waals surface area contributed by atoms with Gasteiger partial charge in [-0.15, -0.1) is 11.8 Å². The molecule has 110 valence electrons. The van der Waals surface area contributed by atoms with Crippen LogP contribution in [0.1, 0.15) is 24.2 Å². The summed E-state index contributed by atoms with van der Waals surface area (Å²) < 4.78 is 0. The van der Waals surface area contributed by atoms with Crippen LogP contribution in [0.15, 0.2) is 29.2 Å². The molecule has 1 heterocycles. The molecule has 2 rings (SSSR count). The first-order valence-electron chi connectivity index (χ1n) is 7.00. The zero-order valence-electron chi connectivity index (χ0n) is 11.9. The summed E-state index contributed by atoms with van der Waals surface area (Å²) in [5.74, 6) is 0.0386. The van der Waals surface area contributed by atoms with Crippen LogP contribution in [0.5, 0.6) is 0 Å². The van der Waals surface area contributed by atoms with E-state index in [1.54, 1.807) is 11.8 Å². The summed E-state index contributed by atoms with van der Waals surface area (Å²) in [5, 5.41) is 16.2. The Kier molecular flexibility index (Phi) is 5.46. The highest BCUT2D eigenvalue weighted by Crippen LogP contribution is 2.26. The fourth-order valence-corrected chi connectivity index (χ4v) is 3.21. The van der Waals surface area contributed by atoms with Crippen molar-refractivity contribution in [3.63, 3.8) is 0 Å². The molecule has 1 aromatic carbocycles. The van der Waals surface area contributed by atoms with Crippen molar-refractivity contribution in [2.24, 2.45) is 5.92 Å². The molecular weight excluding hydrogens is 272 g/mol. The number of aliphatic hydroxyl groups is 1. The molecule has 2 unspecified atom stereocenters. The Morgan fingerprint density at radius 2 is 2.20 bits per heavy atom. The third-order valence-corrected chi connectivity index (χ3v) is 4.40. The smallest absolute Gasteiger partial charge is 0.252 e. The van der Waals surface area contributed by atoms with Gasteiger partial charge in [0.15, 0.2) is 0 Å². The molecular formula is C15H22N2O2S. The third-order valence-electron chi connectivity index (χ3n) is 3.32. The molecule has 0 aliphatic carbocycles. The summed E-state index contributed by atoms with van der Waals surface area (Å²) >= 11 is 1.69. The second kappa shape index (κ2) is 7.11. The normalized spacial score (nSPS) is 22.2. The molecule has 0 spiro atoms. The maximum atomic E-state index is 12.3. The highest BCUT2D eigenvalue weighted by atomic mass is 32.2. The van der Waals surface area contributed by atoms with Crippen molar-refractivity contribution in [1.29, 1.82) is 0 Å². The number of hydrogen-bond acceptors (Lipinski definition) is 4. The van der Waals surface area contributed by atoms with Crippen LogP contribution < -0.4 is 10.6 Å². The Bertz CT molecular complexity index is 465. The van der Waals surface area contributed by atoms with E-state index in [1.807, 2.05) is 24.3 Å². The van der Waals surface area contributed by atoms with Crippen LogP contribution in [0, 0.1) is 5.92 Å². The number of β-amino-alcohol motifs (C(OH)–C–C–N with tert-alkyl or cyclic N) is 1. The lowest BCUT2D eigenvalue weighted by Gasteiger charge is -2.15. The van der Waals surface area contributed by atoms with Gasteiger partial charge in [0, 0.05) is 35.7 Å². The first kappa shape index (κ1) is 15.4. The van der Waals surface area contributed by atoms with Crippen molar-refractivity contribution in [3.8, 4) is 0 Å². The van der Waals surface area contributed by atoms with Gasteiger partial charge in [0.05, 0.1) is 11.7 Å². The van der Waals surface area contributed by atoms with E-state index in [4.69, 9.17) is 0 Å². The fraction of sp³-hybridized carbons (Fsp3) is 0.533. The van der Waals surface area contributed by atoms with E-state index < -0.39 is 0 Å². The van der Waals surface area contributed by atoms with Crippen LogP contribution in [-0.2, 0) is 0 Å². The monoisotopic (exact) mass is 294 g/mol. The van der Waals surface area contributed by atoms with Crippen LogP contribution in [0.4, 0.5) is 0 Å². The number of aliphatic hydroxyl groups excluding tert-OH is 1. The van der Waals surface area contributed by atoms with Crippen molar-refractivity contribution in [2.45, 2.75) is 30.1 Å².